The summed E-state index contributed by atoms with van der Waals surface area (Å²) < 4.78 is 31.9. The van der Waals surface area contributed by atoms with E-state index < -0.39 is 10.0 Å². The van der Waals surface area contributed by atoms with Gasteiger partial charge in [-0.2, -0.15) is 0 Å². The maximum Gasteiger partial charge on any atom is 0.242 e. The Morgan fingerprint density at radius 2 is 1.86 bits per heavy atom. The minimum Gasteiger partial charge on any atom is -0.383 e. The summed E-state index contributed by atoms with van der Waals surface area (Å²) in [4.78, 5) is 0.287. The molecule has 0 amide bonds. The van der Waals surface area contributed by atoms with Gasteiger partial charge in [-0.05, 0) is 18.6 Å². The highest BCUT2D eigenvalue weighted by Gasteiger charge is 2.16. The summed E-state index contributed by atoms with van der Waals surface area (Å²) in [5, 5.41) is 6.35. The molecule has 0 unspecified atom stereocenters. The first-order valence-electron chi connectivity index (χ1n) is 7.14. The molecule has 3 N–H and O–H groups in total. The first-order valence-corrected chi connectivity index (χ1v) is 8.62. The summed E-state index contributed by atoms with van der Waals surface area (Å²) in [7, 11) is -1.80. The molecule has 0 saturated heterocycles. The maximum absolute atomic E-state index is 12.2. The molecule has 0 radical (unpaired) electrons. The number of ether oxygens (including phenoxy) is 1. The van der Waals surface area contributed by atoms with Gasteiger partial charge in [-0.15, -0.1) is 0 Å². The molecule has 0 saturated carbocycles. The van der Waals surface area contributed by atoms with E-state index in [1.165, 1.54) is 0 Å². The molecule has 7 heteroatoms. The van der Waals surface area contributed by atoms with Crippen LogP contribution in [0, 0.1) is 0 Å². The van der Waals surface area contributed by atoms with Gasteiger partial charge in [-0.1, -0.05) is 19.1 Å². The highest BCUT2D eigenvalue weighted by atomic mass is 32.2. The Morgan fingerprint density at radius 1 is 1.10 bits per heavy atom. The molecule has 0 aromatic heterocycles. The van der Waals surface area contributed by atoms with E-state index in [1.807, 2.05) is 13.0 Å². The second-order valence-electron chi connectivity index (χ2n) is 4.56. The summed E-state index contributed by atoms with van der Waals surface area (Å²) in [6.07, 6.45) is 0.762. The van der Waals surface area contributed by atoms with Crippen molar-refractivity contribution in [2.75, 3.05) is 45.2 Å². The van der Waals surface area contributed by atoms with Gasteiger partial charge in [0.1, 0.15) is 4.90 Å². The molecule has 0 aliphatic carbocycles. The number of hydrogen-bond acceptors (Lipinski definition) is 5. The van der Waals surface area contributed by atoms with Gasteiger partial charge < -0.3 is 15.4 Å². The Hall–Kier alpha value is -1.15. The fraction of sp³-hybridized carbons (Fsp3) is 0.571. The number of anilines is 1. The third-order valence-corrected chi connectivity index (χ3v) is 4.34. The molecule has 0 fully saturated rings. The predicted octanol–water partition coefficient (Wildman–Crippen LogP) is 1.02. The molecule has 0 bridgehead atoms. The maximum atomic E-state index is 12.2. The summed E-state index contributed by atoms with van der Waals surface area (Å²) in [5.41, 5.74) is 0.620. The van der Waals surface area contributed by atoms with E-state index in [-0.39, 0.29) is 4.90 Å². The van der Waals surface area contributed by atoms with Crippen LogP contribution in [0.1, 0.15) is 13.3 Å². The van der Waals surface area contributed by atoms with Crippen LogP contribution in [-0.2, 0) is 14.8 Å². The summed E-state index contributed by atoms with van der Waals surface area (Å²) in [6.45, 7) is 5.18. The molecule has 6 nitrogen and oxygen atoms in total. The number of rotatable bonds is 11. The smallest absolute Gasteiger partial charge is 0.242 e. The van der Waals surface area contributed by atoms with Crippen molar-refractivity contribution >= 4 is 15.7 Å². The van der Waals surface area contributed by atoms with E-state index >= 15 is 0 Å². The number of sulfonamides is 1. The number of nitrogens with one attached hydrogen (secondary N) is 3. The zero-order chi connectivity index (χ0) is 15.6. The van der Waals surface area contributed by atoms with Crippen molar-refractivity contribution in [2.45, 2.75) is 18.2 Å². The Labute approximate surface area is 127 Å². The van der Waals surface area contributed by atoms with E-state index in [0.717, 1.165) is 19.5 Å². The van der Waals surface area contributed by atoms with Crippen LogP contribution >= 0.6 is 0 Å². The summed E-state index contributed by atoms with van der Waals surface area (Å²) in [6, 6.07) is 6.93. The van der Waals surface area contributed by atoms with Crippen LogP contribution in [0.3, 0.4) is 0 Å². The number of hydrogen-bond donors (Lipinski definition) is 3. The Balaban J connectivity index is 2.59. The van der Waals surface area contributed by atoms with Gasteiger partial charge in [0, 0.05) is 33.3 Å². The zero-order valence-electron chi connectivity index (χ0n) is 12.7. The molecule has 0 atom stereocenters. The first kappa shape index (κ1) is 17.9. The largest absolute Gasteiger partial charge is 0.383 e. The predicted molar refractivity (Wildman–Crippen MR) is 85.2 cm³/mol. The van der Waals surface area contributed by atoms with Gasteiger partial charge >= 0.3 is 0 Å². The highest BCUT2D eigenvalue weighted by Crippen LogP contribution is 2.20. The topological polar surface area (TPSA) is 79.5 Å². The highest BCUT2D eigenvalue weighted by molar-refractivity contribution is 7.89. The molecule has 0 heterocycles. The lowest BCUT2D eigenvalue weighted by atomic mass is 10.3. The van der Waals surface area contributed by atoms with Crippen molar-refractivity contribution in [3.05, 3.63) is 24.3 Å². The average Bonchev–Trinajstić information content (AvgIpc) is 2.49. The minimum atomic E-state index is -3.46. The SMILES string of the molecule is CCCNS(=O)(=O)c1ccccc1NCCNCCOC. The molecule has 0 spiro atoms. The number of para-hydroxylation sites is 1. The van der Waals surface area contributed by atoms with Crippen molar-refractivity contribution in [3.63, 3.8) is 0 Å². The van der Waals surface area contributed by atoms with Crippen molar-refractivity contribution in [3.8, 4) is 0 Å². The lowest BCUT2D eigenvalue weighted by Crippen LogP contribution is -2.27. The van der Waals surface area contributed by atoms with Crippen molar-refractivity contribution in [2.24, 2.45) is 0 Å². The average molecular weight is 315 g/mol. The van der Waals surface area contributed by atoms with E-state index in [2.05, 4.69) is 15.4 Å². The van der Waals surface area contributed by atoms with Crippen LogP contribution in [0.5, 0.6) is 0 Å². The van der Waals surface area contributed by atoms with Crippen LogP contribution in [0.25, 0.3) is 0 Å². The molecule has 21 heavy (non-hydrogen) atoms. The van der Waals surface area contributed by atoms with Crippen LogP contribution in [0.15, 0.2) is 29.2 Å². The summed E-state index contributed by atoms with van der Waals surface area (Å²) >= 11 is 0. The second kappa shape index (κ2) is 9.73. The third-order valence-electron chi connectivity index (χ3n) is 2.82. The van der Waals surface area contributed by atoms with Gasteiger partial charge in [-0.25, -0.2) is 13.1 Å². The zero-order valence-corrected chi connectivity index (χ0v) is 13.5. The molecule has 1 rings (SSSR count). The second-order valence-corrected chi connectivity index (χ2v) is 6.30. The minimum absolute atomic E-state index is 0.287. The fourth-order valence-electron chi connectivity index (χ4n) is 1.75. The number of methoxy groups -OCH3 is 1. The Morgan fingerprint density at radius 3 is 2.57 bits per heavy atom. The number of benzene rings is 1. The van der Waals surface area contributed by atoms with Gasteiger partial charge in [0.05, 0.1) is 12.3 Å². The van der Waals surface area contributed by atoms with E-state index in [4.69, 9.17) is 4.74 Å². The van der Waals surface area contributed by atoms with Crippen LogP contribution in [-0.4, -0.2) is 48.3 Å². The lowest BCUT2D eigenvalue weighted by Gasteiger charge is -2.13. The van der Waals surface area contributed by atoms with E-state index in [1.54, 1.807) is 25.3 Å². The molecule has 0 aliphatic rings. The lowest BCUT2D eigenvalue weighted by molar-refractivity contribution is 0.200. The van der Waals surface area contributed by atoms with Crippen LogP contribution in [0.4, 0.5) is 5.69 Å². The van der Waals surface area contributed by atoms with Gasteiger partial charge in [-0.3, -0.25) is 0 Å². The Kier molecular flexibility index (Phi) is 8.29. The fourth-order valence-corrected chi connectivity index (χ4v) is 3.06. The third kappa shape index (κ3) is 6.43. The molecule has 1 aromatic rings. The van der Waals surface area contributed by atoms with Gasteiger partial charge in [0.2, 0.25) is 10.0 Å². The standard InChI is InChI=1S/C14H25N3O3S/c1-3-8-17-21(18,19)14-7-5-4-6-13(14)16-10-9-15-11-12-20-2/h4-7,15-17H,3,8-12H2,1-2H3. The van der Waals surface area contributed by atoms with E-state index in [9.17, 15) is 8.42 Å². The van der Waals surface area contributed by atoms with Gasteiger partial charge in [0.15, 0.2) is 0 Å². The molecule has 0 aliphatic heterocycles. The molecular weight excluding hydrogens is 290 g/mol. The summed E-state index contributed by atoms with van der Waals surface area (Å²) in [5.74, 6) is 0. The molecule has 120 valence electrons. The van der Waals surface area contributed by atoms with Crippen molar-refractivity contribution in [1.29, 1.82) is 0 Å². The molecular formula is C14H25N3O3S. The van der Waals surface area contributed by atoms with Gasteiger partial charge in [0.25, 0.3) is 0 Å². The quantitative estimate of drug-likeness (QED) is 0.531. The van der Waals surface area contributed by atoms with Crippen LogP contribution < -0.4 is 15.4 Å². The van der Waals surface area contributed by atoms with Crippen molar-refractivity contribution in [1.82, 2.24) is 10.0 Å². The first-order chi connectivity index (χ1) is 10.1. The normalized spacial score (nSPS) is 11.5. The molecule has 1 aromatic carbocycles. The van der Waals surface area contributed by atoms with Crippen molar-refractivity contribution < 1.29 is 13.2 Å². The van der Waals surface area contributed by atoms with Crippen LogP contribution in [0.2, 0.25) is 0 Å². The Bertz CT molecular complexity index is 506. The van der Waals surface area contributed by atoms with E-state index in [0.29, 0.717) is 25.4 Å². The monoisotopic (exact) mass is 315 g/mol.